The van der Waals surface area contributed by atoms with Crippen molar-refractivity contribution in [3.63, 3.8) is 0 Å². The van der Waals surface area contributed by atoms with E-state index in [-0.39, 0.29) is 19.1 Å². The minimum absolute atomic E-state index is 0.00677. The second-order valence-electron chi connectivity index (χ2n) is 4.41. The monoisotopic (exact) mass is 275 g/mol. The summed E-state index contributed by atoms with van der Waals surface area (Å²) in [6.45, 7) is 8.15. The number of hydrogen-bond donors (Lipinski definition) is 4. The number of carbonyl (C=O) groups excluding carboxylic acids is 1. The van der Waals surface area contributed by atoms with Gasteiger partial charge in [0.25, 0.3) is 0 Å². The van der Waals surface area contributed by atoms with Crippen LogP contribution in [0.15, 0.2) is 0 Å². The number of aliphatic hydroxyl groups is 1. The lowest BCUT2D eigenvalue weighted by atomic mass is 10.2. The van der Waals surface area contributed by atoms with Crippen LogP contribution in [0.1, 0.15) is 27.2 Å². The highest BCUT2D eigenvalue weighted by molar-refractivity contribution is 5.82. The van der Waals surface area contributed by atoms with Crippen LogP contribution in [0.4, 0.5) is 4.79 Å². The molecule has 0 fully saturated rings. The van der Waals surface area contributed by atoms with E-state index in [2.05, 4.69) is 15.5 Å². The van der Waals surface area contributed by atoms with Crippen LogP contribution in [-0.2, 0) is 4.79 Å². The minimum Gasteiger partial charge on any atom is -0.480 e. The highest BCUT2D eigenvalue weighted by Gasteiger charge is 2.20. The number of aliphatic hydroxyl groups excluding tert-OH is 1. The van der Waals surface area contributed by atoms with Gasteiger partial charge in [0.05, 0.1) is 0 Å². The maximum absolute atomic E-state index is 11.6. The molecule has 0 heterocycles. The molecule has 7 nitrogen and oxygen atoms in total. The second kappa shape index (κ2) is 9.57. The summed E-state index contributed by atoms with van der Waals surface area (Å²) in [7, 11) is 0. The van der Waals surface area contributed by atoms with Gasteiger partial charge in [0.15, 0.2) is 0 Å². The quantitative estimate of drug-likeness (QED) is 0.469. The van der Waals surface area contributed by atoms with Gasteiger partial charge < -0.3 is 25.7 Å². The van der Waals surface area contributed by atoms with E-state index < -0.39 is 18.0 Å². The van der Waals surface area contributed by atoms with Crippen molar-refractivity contribution in [2.75, 3.05) is 26.2 Å². The smallest absolute Gasteiger partial charge is 0.326 e. The molecule has 0 aromatic heterocycles. The molecule has 0 aliphatic carbocycles. The van der Waals surface area contributed by atoms with Gasteiger partial charge in [-0.1, -0.05) is 13.8 Å². The Morgan fingerprint density at radius 3 is 2.21 bits per heavy atom. The highest BCUT2D eigenvalue weighted by Crippen LogP contribution is 1.94. The fourth-order valence-corrected chi connectivity index (χ4v) is 1.72. The Hall–Kier alpha value is -1.34. The summed E-state index contributed by atoms with van der Waals surface area (Å²) in [5.41, 5.74) is 0. The molecular formula is C12H25N3O4. The number of carbonyl (C=O) groups is 2. The Kier molecular flexibility index (Phi) is 8.90. The zero-order chi connectivity index (χ0) is 14.8. The fraction of sp³-hybridized carbons (Fsp3) is 0.833. The Morgan fingerprint density at radius 2 is 1.79 bits per heavy atom. The van der Waals surface area contributed by atoms with E-state index in [0.717, 1.165) is 13.1 Å². The highest BCUT2D eigenvalue weighted by atomic mass is 16.4. The van der Waals surface area contributed by atoms with Gasteiger partial charge in [0.1, 0.15) is 6.04 Å². The van der Waals surface area contributed by atoms with Crippen molar-refractivity contribution in [3.8, 4) is 0 Å². The van der Waals surface area contributed by atoms with Crippen molar-refractivity contribution in [1.29, 1.82) is 0 Å². The molecule has 0 saturated heterocycles. The minimum atomic E-state index is -1.15. The molecule has 2 unspecified atom stereocenters. The number of amides is 2. The summed E-state index contributed by atoms with van der Waals surface area (Å²) in [6, 6.07) is -1.67. The Morgan fingerprint density at radius 1 is 1.21 bits per heavy atom. The molecule has 0 rings (SSSR count). The van der Waals surface area contributed by atoms with Crippen LogP contribution >= 0.6 is 0 Å². The lowest BCUT2D eigenvalue weighted by Crippen LogP contribution is -2.51. The molecule has 0 bridgehead atoms. The van der Waals surface area contributed by atoms with E-state index in [4.69, 9.17) is 10.2 Å². The van der Waals surface area contributed by atoms with Crippen LogP contribution in [0.5, 0.6) is 0 Å². The lowest BCUT2D eigenvalue weighted by molar-refractivity contribution is -0.139. The predicted molar refractivity (Wildman–Crippen MR) is 72.0 cm³/mol. The number of hydrogen-bond acceptors (Lipinski definition) is 4. The Labute approximate surface area is 114 Å². The van der Waals surface area contributed by atoms with Crippen LogP contribution in [0.2, 0.25) is 0 Å². The summed E-state index contributed by atoms with van der Waals surface area (Å²) < 4.78 is 0. The SMILES string of the molecule is CCN(CC)CC(C)NC(=O)NC(CCO)C(=O)O. The van der Waals surface area contributed by atoms with Crippen LogP contribution in [-0.4, -0.2) is 65.4 Å². The van der Waals surface area contributed by atoms with Gasteiger partial charge in [0.2, 0.25) is 0 Å². The molecule has 0 aromatic rings. The molecule has 0 radical (unpaired) electrons. The maximum atomic E-state index is 11.6. The van der Waals surface area contributed by atoms with E-state index in [1.807, 2.05) is 20.8 Å². The van der Waals surface area contributed by atoms with Crippen LogP contribution < -0.4 is 10.6 Å². The number of rotatable bonds is 9. The molecule has 2 atom stereocenters. The number of carboxylic acid groups (broad SMARTS) is 1. The van der Waals surface area contributed by atoms with E-state index >= 15 is 0 Å². The molecule has 0 aromatic carbocycles. The normalized spacial score (nSPS) is 13.9. The summed E-state index contributed by atoms with van der Waals surface area (Å²) in [6.07, 6.45) is -0.00677. The molecule has 7 heteroatoms. The summed E-state index contributed by atoms with van der Waals surface area (Å²) in [5.74, 6) is -1.15. The molecule has 112 valence electrons. The third-order valence-electron chi connectivity index (χ3n) is 2.83. The number of nitrogens with zero attached hydrogens (tertiary/aromatic N) is 1. The van der Waals surface area contributed by atoms with E-state index in [1.54, 1.807) is 0 Å². The molecular weight excluding hydrogens is 250 g/mol. The van der Waals surface area contributed by atoms with Crippen molar-refractivity contribution in [2.45, 2.75) is 39.3 Å². The number of nitrogens with one attached hydrogen (secondary N) is 2. The first-order chi connectivity index (χ1) is 8.94. The van der Waals surface area contributed by atoms with E-state index in [0.29, 0.717) is 6.54 Å². The van der Waals surface area contributed by atoms with Gasteiger partial charge in [-0.2, -0.15) is 0 Å². The lowest BCUT2D eigenvalue weighted by Gasteiger charge is -2.24. The topological polar surface area (TPSA) is 102 Å². The summed E-state index contributed by atoms with van der Waals surface area (Å²) in [4.78, 5) is 24.6. The van der Waals surface area contributed by atoms with Gasteiger partial charge in [-0.05, 0) is 20.0 Å². The third-order valence-corrected chi connectivity index (χ3v) is 2.83. The largest absolute Gasteiger partial charge is 0.480 e. The number of urea groups is 1. The predicted octanol–water partition coefficient (Wildman–Crippen LogP) is -0.148. The number of likely N-dealkylation sites (N-methyl/N-ethyl adjacent to an activating group) is 1. The molecule has 0 spiro atoms. The molecule has 2 amide bonds. The fourth-order valence-electron chi connectivity index (χ4n) is 1.72. The van der Waals surface area contributed by atoms with Gasteiger partial charge in [-0.15, -0.1) is 0 Å². The van der Waals surface area contributed by atoms with Crippen molar-refractivity contribution in [3.05, 3.63) is 0 Å². The first-order valence-electron chi connectivity index (χ1n) is 6.57. The van der Waals surface area contributed by atoms with Crippen molar-refractivity contribution >= 4 is 12.0 Å². The molecule has 0 aliphatic heterocycles. The first-order valence-corrected chi connectivity index (χ1v) is 6.57. The second-order valence-corrected chi connectivity index (χ2v) is 4.41. The van der Waals surface area contributed by atoms with Crippen LogP contribution in [0.25, 0.3) is 0 Å². The summed E-state index contributed by atoms with van der Waals surface area (Å²) in [5, 5.41) is 22.6. The third kappa shape index (κ3) is 7.63. The van der Waals surface area contributed by atoms with Gasteiger partial charge in [0, 0.05) is 25.6 Å². The first kappa shape index (κ1) is 17.7. The zero-order valence-electron chi connectivity index (χ0n) is 11.8. The Balaban J connectivity index is 4.17. The van der Waals surface area contributed by atoms with Gasteiger partial charge in [-0.25, -0.2) is 9.59 Å². The van der Waals surface area contributed by atoms with E-state index in [9.17, 15) is 9.59 Å². The number of carboxylic acids is 1. The average molecular weight is 275 g/mol. The van der Waals surface area contributed by atoms with Crippen molar-refractivity contribution in [1.82, 2.24) is 15.5 Å². The number of aliphatic carboxylic acids is 1. The summed E-state index contributed by atoms with van der Waals surface area (Å²) >= 11 is 0. The van der Waals surface area contributed by atoms with E-state index in [1.165, 1.54) is 0 Å². The van der Waals surface area contributed by atoms with Gasteiger partial charge >= 0.3 is 12.0 Å². The molecule has 0 aliphatic rings. The average Bonchev–Trinajstić information content (AvgIpc) is 2.35. The van der Waals surface area contributed by atoms with Crippen molar-refractivity contribution < 1.29 is 19.8 Å². The van der Waals surface area contributed by atoms with Crippen LogP contribution in [0.3, 0.4) is 0 Å². The molecule has 0 saturated carbocycles. The molecule has 4 N–H and O–H groups in total. The Bertz CT molecular complexity index is 282. The standard InChI is InChI=1S/C12H25N3O4/c1-4-15(5-2)8-9(3)13-12(19)14-10(6-7-16)11(17)18/h9-10,16H,4-8H2,1-3H3,(H,17,18)(H2,13,14,19). The zero-order valence-corrected chi connectivity index (χ0v) is 11.8. The maximum Gasteiger partial charge on any atom is 0.326 e. The van der Waals surface area contributed by atoms with Gasteiger partial charge in [-0.3, -0.25) is 0 Å². The van der Waals surface area contributed by atoms with Crippen LogP contribution in [0, 0.1) is 0 Å². The molecule has 19 heavy (non-hydrogen) atoms. The van der Waals surface area contributed by atoms with Crippen molar-refractivity contribution in [2.24, 2.45) is 0 Å².